The highest BCUT2D eigenvalue weighted by atomic mass is 19.1. The molecule has 9 nitrogen and oxygen atoms in total. The molecule has 0 spiro atoms. The van der Waals surface area contributed by atoms with Gasteiger partial charge in [0.05, 0.1) is 24.6 Å². The highest BCUT2D eigenvalue weighted by Gasteiger charge is 2.34. The minimum absolute atomic E-state index is 0.0427. The van der Waals surface area contributed by atoms with Crippen LogP contribution in [0.3, 0.4) is 0 Å². The maximum atomic E-state index is 15.2. The number of halogens is 1. The number of aliphatic carboxylic acids is 1. The molecule has 0 radical (unpaired) electrons. The van der Waals surface area contributed by atoms with Crippen molar-refractivity contribution < 1.29 is 24.1 Å². The molecule has 1 aliphatic carbocycles. The number of benzene rings is 1. The summed E-state index contributed by atoms with van der Waals surface area (Å²) in [5, 5.41) is 20.3. The van der Waals surface area contributed by atoms with Crippen LogP contribution in [0.25, 0.3) is 10.9 Å². The lowest BCUT2D eigenvalue weighted by atomic mass is 9.92. The van der Waals surface area contributed by atoms with Crippen molar-refractivity contribution in [1.82, 2.24) is 4.57 Å². The van der Waals surface area contributed by atoms with Crippen molar-refractivity contribution in [3.8, 4) is 5.75 Å². The molecule has 1 aliphatic heterocycles. The van der Waals surface area contributed by atoms with Crippen LogP contribution < -0.4 is 15.1 Å². The predicted molar refractivity (Wildman–Crippen MR) is 123 cm³/mol. The number of rotatable bonds is 7. The summed E-state index contributed by atoms with van der Waals surface area (Å²) in [6, 6.07) is 1.62. The van der Waals surface area contributed by atoms with Crippen LogP contribution in [0.1, 0.15) is 37.8 Å². The van der Waals surface area contributed by atoms with E-state index in [1.807, 2.05) is 15.7 Å². The first-order chi connectivity index (χ1) is 15.7. The largest absolute Gasteiger partial charge is 0.492 e. The van der Waals surface area contributed by atoms with Crippen molar-refractivity contribution in [2.45, 2.75) is 39.2 Å². The number of ether oxygens (including phenoxy) is 1. The van der Waals surface area contributed by atoms with Gasteiger partial charge in [0, 0.05) is 50.3 Å². The zero-order chi connectivity index (χ0) is 24.3. The average molecular weight is 464 g/mol. The number of nitroso groups, excluding NO2 is 1. The minimum Gasteiger partial charge on any atom is -0.492 e. The molecular formula is C23H30FN3O6. The molecule has 0 bridgehead atoms. The molecule has 2 fully saturated rings. The lowest BCUT2D eigenvalue weighted by Gasteiger charge is -2.25. The number of nitrogens with zero attached hydrogens (tertiary/aromatic N) is 3. The summed E-state index contributed by atoms with van der Waals surface area (Å²) in [6.07, 6.45) is 4.62. The van der Waals surface area contributed by atoms with Crippen LogP contribution in [-0.2, 0) is 4.79 Å². The Morgan fingerprint density at radius 2 is 2.03 bits per heavy atom. The quantitative estimate of drug-likeness (QED) is 0.605. The Bertz CT molecular complexity index is 1090. The van der Waals surface area contributed by atoms with E-state index in [0.717, 1.165) is 26.2 Å². The maximum absolute atomic E-state index is 15.2. The summed E-state index contributed by atoms with van der Waals surface area (Å²) >= 11 is 0. The standard InChI is InChI=1S/C21H26FN3O4.C2H4O2/c1-12-9-25(15-3-4-15)18-16(20(12)27)7-17(22)19(21(18)29-2)24-6-5-13(10-24)14(11-26)8-23-28;1-2(3)4/h7,9,13-15,26H,3-6,8,10-11H2,1-2H3;1H3,(H,3,4). The summed E-state index contributed by atoms with van der Waals surface area (Å²) < 4.78 is 23.0. The third-order valence-electron chi connectivity index (χ3n) is 6.27. The number of aliphatic hydroxyl groups is 1. The summed E-state index contributed by atoms with van der Waals surface area (Å²) in [5.41, 5.74) is 1.39. The van der Waals surface area contributed by atoms with Crippen molar-refractivity contribution in [3.05, 3.63) is 38.8 Å². The van der Waals surface area contributed by atoms with Gasteiger partial charge in [-0.05, 0) is 38.2 Å². The topological polar surface area (TPSA) is 121 Å². The third kappa shape index (κ3) is 5.16. The molecule has 1 aromatic heterocycles. The molecule has 1 saturated heterocycles. The number of aryl methyl sites for hydroxylation is 1. The van der Waals surface area contributed by atoms with Gasteiger partial charge in [-0.25, -0.2) is 4.39 Å². The first-order valence-electron chi connectivity index (χ1n) is 11.0. The van der Waals surface area contributed by atoms with Crippen molar-refractivity contribution in [2.24, 2.45) is 17.0 Å². The normalized spacial score (nSPS) is 18.6. The van der Waals surface area contributed by atoms with Crippen LogP contribution in [0.2, 0.25) is 0 Å². The number of carbonyl (C=O) groups is 1. The third-order valence-corrected chi connectivity index (χ3v) is 6.27. The van der Waals surface area contributed by atoms with E-state index in [1.165, 1.54) is 13.2 Å². The lowest BCUT2D eigenvalue weighted by molar-refractivity contribution is -0.134. The monoisotopic (exact) mass is 463 g/mol. The number of hydrogen-bond donors (Lipinski definition) is 2. The van der Waals surface area contributed by atoms with Crippen molar-refractivity contribution >= 4 is 22.6 Å². The second-order valence-electron chi connectivity index (χ2n) is 8.68. The Morgan fingerprint density at radius 3 is 2.58 bits per heavy atom. The number of pyridine rings is 1. The fourth-order valence-electron chi connectivity index (χ4n) is 4.54. The molecule has 1 aromatic carbocycles. The number of fused-ring (bicyclic) bond motifs is 1. The van der Waals surface area contributed by atoms with E-state index in [2.05, 4.69) is 5.18 Å². The Balaban J connectivity index is 0.000000709. The number of carboxylic acids is 1. The molecule has 2 atom stereocenters. The van der Waals surface area contributed by atoms with Crippen LogP contribution in [-0.4, -0.2) is 54.1 Å². The molecule has 2 N–H and O–H groups in total. The molecule has 33 heavy (non-hydrogen) atoms. The van der Waals surface area contributed by atoms with Crippen molar-refractivity contribution in [3.63, 3.8) is 0 Å². The molecule has 4 rings (SSSR count). The van der Waals surface area contributed by atoms with Gasteiger partial charge in [-0.3, -0.25) is 9.59 Å². The van der Waals surface area contributed by atoms with Gasteiger partial charge in [-0.2, -0.15) is 4.91 Å². The molecular weight excluding hydrogens is 433 g/mol. The van der Waals surface area contributed by atoms with E-state index in [1.54, 1.807) is 6.92 Å². The van der Waals surface area contributed by atoms with E-state index in [-0.39, 0.29) is 30.4 Å². The van der Waals surface area contributed by atoms with Gasteiger partial charge >= 0.3 is 0 Å². The number of methoxy groups -OCH3 is 1. The van der Waals surface area contributed by atoms with Gasteiger partial charge < -0.3 is 24.4 Å². The Labute approximate surface area is 190 Å². The Morgan fingerprint density at radius 1 is 1.36 bits per heavy atom. The second-order valence-corrected chi connectivity index (χ2v) is 8.68. The number of aliphatic hydroxyl groups excluding tert-OH is 1. The number of carboxylic acid groups (broad SMARTS) is 1. The molecule has 2 heterocycles. The molecule has 2 aliphatic rings. The predicted octanol–water partition coefficient (Wildman–Crippen LogP) is 3.08. The maximum Gasteiger partial charge on any atom is 0.300 e. The average Bonchev–Trinajstić information content (AvgIpc) is 3.50. The second kappa shape index (κ2) is 10.3. The zero-order valence-corrected chi connectivity index (χ0v) is 19.1. The molecule has 10 heteroatoms. The van der Waals surface area contributed by atoms with Gasteiger partial charge in [0.15, 0.2) is 17.0 Å². The van der Waals surface area contributed by atoms with Crippen LogP contribution in [0, 0.1) is 29.5 Å². The highest BCUT2D eigenvalue weighted by Crippen LogP contribution is 2.44. The van der Waals surface area contributed by atoms with Crippen molar-refractivity contribution in [1.29, 1.82) is 0 Å². The molecule has 2 unspecified atom stereocenters. The SMILES string of the molecule is CC(=O)O.COc1c(N2CCC(C(CO)CN=O)C2)c(F)cc2c(=O)c(C)cn(C3CC3)c12. The van der Waals surface area contributed by atoms with Gasteiger partial charge in [0.2, 0.25) is 0 Å². The van der Waals surface area contributed by atoms with E-state index in [0.29, 0.717) is 47.0 Å². The summed E-state index contributed by atoms with van der Waals surface area (Å²) in [4.78, 5) is 34.3. The molecule has 2 aromatic rings. The van der Waals surface area contributed by atoms with Crippen LogP contribution in [0.5, 0.6) is 5.75 Å². The lowest BCUT2D eigenvalue weighted by Crippen LogP contribution is -2.27. The fraction of sp³-hybridized carbons (Fsp3) is 0.565. The van der Waals surface area contributed by atoms with Gasteiger partial charge in [-0.15, -0.1) is 0 Å². The molecule has 180 valence electrons. The summed E-state index contributed by atoms with van der Waals surface area (Å²) in [7, 11) is 1.50. The zero-order valence-electron chi connectivity index (χ0n) is 19.1. The minimum atomic E-state index is -0.833. The van der Waals surface area contributed by atoms with E-state index >= 15 is 4.39 Å². The molecule has 0 amide bonds. The van der Waals surface area contributed by atoms with E-state index in [9.17, 15) is 14.8 Å². The van der Waals surface area contributed by atoms with E-state index < -0.39 is 11.8 Å². The first-order valence-corrected chi connectivity index (χ1v) is 11.0. The molecule has 1 saturated carbocycles. The van der Waals surface area contributed by atoms with E-state index in [4.69, 9.17) is 14.6 Å². The Hall–Kier alpha value is -3.01. The number of hydrogen-bond acceptors (Lipinski definition) is 7. The fourth-order valence-corrected chi connectivity index (χ4v) is 4.54. The highest BCUT2D eigenvalue weighted by molar-refractivity contribution is 5.92. The Kier molecular flexibility index (Phi) is 7.68. The summed E-state index contributed by atoms with van der Waals surface area (Å²) in [5.74, 6) is -1.15. The van der Waals surface area contributed by atoms with Crippen LogP contribution in [0.4, 0.5) is 10.1 Å². The number of anilines is 1. The summed E-state index contributed by atoms with van der Waals surface area (Å²) in [6.45, 7) is 3.84. The van der Waals surface area contributed by atoms with Gasteiger partial charge in [-0.1, -0.05) is 5.18 Å². The number of aromatic nitrogens is 1. The van der Waals surface area contributed by atoms with Crippen molar-refractivity contribution in [2.75, 3.05) is 38.3 Å². The van der Waals surface area contributed by atoms with Gasteiger partial charge in [0.1, 0.15) is 5.69 Å². The van der Waals surface area contributed by atoms with Gasteiger partial charge in [0.25, 0.3) is 5.97 Å². The van der Waals surface area contributed by atoms with Crippen LogP contribution in [0.15, 0.2) is 22.2 Å². The first kappa shape index (κ1) is 24.6. The van der Waals surface area contributed by atoms with Crippen LogP contribution >= 0.6 is 0 Å². The smallest absolute Gasteiger partial charge is 0.300 e.